The molecule has 0 aromatic carbocycles. The lowest BCUT2D eigenvalue weighted by Crippen LogP contribution is -2.26. The first kappa shape index (κ1) is 13.1. The molecule has 1 saturated carbocycles. The zero-order valence-electron chi connectivity index (χ0n) is 11.4. The topological polar surface area (TPSA) is 75.9 Å². The van der Waals surface area contributed by atoms with Gasteiger partial charge in [0.15, 0.2) is 0 Å². The maximum atomic E-state index is 5.35. The first-order valence-corrected chi connectivity index (χ1v) is 6.72. The first-order valence-electron chi connectivity index (χ1n) is 6.72. The smallest absolute Gasteiger partial charge is 0.239 e. The molecule has 5 heteroatoms. The molecule has 1 aromatic rings. The average molecular weight is 249 g/mol. The molecule has 0 aliphatic heterocycles. The normalized spacial score (nSPS) is 27.2. The van der Waals surface area contributed by atoms with Gasteiger partial charge in [0, 0.05) is 17.8 Å². The van der Waals surface area contributed by atoms with Crippen molar-refractivity contribution < 1.29 is 0 Å². The molecule has 0 radical (unpaired) electrons. The Hall–Kier alpha value is -1.36. The van der Waals surface area contributed by atoms with Gasteiger partial charge in [-0.05, 0) is 31.6 Å². The van der Waals surface area contributed by atoms with E-state index >= 15 is 0 Å². The van der Waals surface area contributed by atoms with Gasteiger partial charge in [-0.3, -0.25) is 5.43 Å². The van der Waals surface area contributed by atoms with Crippen molar-refractivity contribution in [2.45, 2.75) is 46.1 Å². The molecule has 0 saturated heterocycles. The third-order valence-electron chi connectivity index (χ3n) is 4.17. The summed E-state index contributed by atoms with van der Waals surface area (Å²) in [6.07, 6.45) is 5.58. The summed E-state index contributed by atoms with van der Waals surface area (Å²) in [5, 5.41) is 3.55. The largest absolute Gasteiger partial charge is 0.367 e. The predicted octanol–water partition coefficient (Wildman–Crippen LogP) is 2.31. The Kier molecular flexibility index (Phi) is 4.01. The average Bonchev–Trinajstić information content (AvgIpc) is 2.73. The summed E-state index contributed by atoms with van der Waals surface area (Å²) in [6, 6.07) is 0.508. The number of anilines is 2. The Morgan fingerprint density at radius 1 is 1.44 bits per heavy atom. The molecule has 0 spiro atoms. The fourth-order valence-electron chi connectivity index (χ4n) is 2.86. The van der Waals surface area contributed by atoms with Crippen LogP contribution in [0, 0.1) is 18.8 Å². The van der Waals surface area contributed by atoms with Crippen molar-refractivity contribution >= 4 is 11.8 Å². The summed E-state index contributed by atoms with van der Waals surface area (Å²) >= 11 is 0. The second kappa shape index (κ2) is 5.52. The van der Waals surface area contributed by atoms with Crippen LogP contribution in [0.3, 0.4) is 0 Å². The Labute approximate surface area is 109 Å². The summed E-state index contributed by atoms with van der Waals surface area (Å²) in [4.78, 5) is 8.48. The predicted molar refractivity (Wildman–Crippen MR) is 74.2 cm³/mol. The van der Waals surface area contributed by atoms with Gasteiger partial charge in [0.05, 0.1) is 0 Å². The number of hydrazine groups is 1. The molecule has 0 bridgehead atoms. The van der Waals surface area contributed by atoms with Gasteiger partial charge in [-0.25, -0.2) is 10.8 Å². The second-order valence-electron chi connectivity index (χ2n) is 5.23. The van der Waals surface area contributed by atoms with Crippen molar-refractivity contribution in [3.05, 3.63) is 11.8 Å². The third kappa shape index (κ3) is 2.56. The maximum absolute atomic E-state index is 5.35. The van der Waals surface area contributed by atoms with Gasteiger partial charge in [-0.1, -0.05) is 20.3 Å². The number of aryl methyl sites for hydroxylation is 1. The number of hydrogen-bond donors (Lipinski definition) is 3. The lowest BCUT2D eigenvalue weighted by atomic mass is 9.93. The van der Waals surface area contributed by atoms with Gasteiger partial charge in [0.25, 0.3) is 0 Å². The van der Waals surface area contributed by atoms with Crippen molar-refractivity contribution in [1.82, 2.24) is 9.97 Å². The van der Waals surface area contributed by atoms with Gasteiger partial charge in [-0.15, -0.1) is 0 Å². The molecule has 3 atom stereocenters. The molecular weight excluding hydrogens is 226 g/mol. The van der Waals surface area contributed by atoms with Gasteiger partial charge in [0.1, 0.15) is 5.82 Å². The van der Waals surface area contributed by atoms with Crippen molar-refractivity contribution in [3.8, 4) is 0 Å². The van der Waals surface area contributed by atoms with Crippen LogP contribution in [0.5, 0.6) is 0 Å². The lowest BCUT2D eigenvalue weighted by Gasteiger charge is -2.22. The number of nitrogen functional groups attached to an aromatic ring is 1. The molecule has 1 fully saturated rings. The van der Waals surface area contributed by atoms with E-state index in [1.54, 1.807) is 6.20 Å². The number of nitrogens with two attached hydrogens (primary N) is 1. The number of rotatable bonds is 4. The van der Waals surface area contributed by atoms with E-state index in [9.17, 15) is 0 Å². The summed E-state index contributed by atoms with van der Waals surface area (Å²) in [5.41, 5.74) is 3.55. The molecule has 100 valence electrons. The minimum Gasteiger partial charge on any atom is -0.367 e. The van der Waals surface area contributed by atoms with Crippen LogP contribution in [-0.2, 0) is 0 Å². The van der Waals surface area contributed by atoms with Crippen molar-refractivity contribution in [1.29, 1.82) is 0 Å². The highest BCUT2D eigenvalue weighted by atomic mass is 15.3. The monoisotopic (exact) mass is 249 g/mol. The molecule has 1 aliphatic rings. The number of aromatic nitrogens is 2. The fourth-order valence-corrected chi connectivity index (χ4v) is 2.86. The summed E-state index contributed by atoms with van der Waals surface area (Å²) in [6.45, 7) is 6.62. The Bertz CT molecular complexity index is 406. The van der Waals surface area contributed by atoms with E-state index in [1.165, 1.54) is 19.3 Å². The Morgan fingerprint density at radius 2 is 2.22 bits per heavy atom. The number of hydrogen-bond acceptors (Lipinski definition) is 5. The van der Waals surface area contributed by atoms with Gasteiger partial charge in [-0.2, -0.15) is 4.98 Å². The molecule has 1 aliphatic carbocycles. The molecule has 4 N–H and O–H groups in total. The lowest BCUT2D eigenvalue weighted by molar-refractivity contribution is 0.391. The van der Waals surface area contributed by atoms with Crippen LogP contribution in [0.4, 0.5) is 11.8 Å². The Morgan fingerprint density at radius 3 is 2.83 bits per heavy atom. The third-order valence-corrected chi connectivity index (χ3v) is 4.17. The van der Waals surface area contributed by atoms with Crippen molar-refractivity contribution in [2.75, 3.05) is 10.7 Å². The molecule has 1 aromatic heterocycles. The molecule has 0 amide bonds. The summed E-state index contributed by atoms with van der Waals surface area (Å²) in [7, 11) is 0. The minimum atomic E-state index is 0.459. The second-order valence-corrected chi connectivity index (χ2v) is 5.23. The fraction of sp³-hybridized carbons (Fsp3) is 0.692. The highest BCUT2D eigenvalue weighted by Gasteiger charge is 2.31. The van der Waals surface area contributed by atoms with E-state index in [4.69, 9.17) is 5.84 Å². The zero-order chi connectivity index (χ0) is 13.1. The first-order chi connectivity index (χ1) is 8.65. The molecular formula is C13H23N5. The summed E-state index contributed by atoms with van der Waals surface area (Å²) < 4.78 is 0. The maximum Gasteiger partial charge on any atom is 0.239 e. The van der Waals surface area contributed by atoms with Gasteiger partial charge >= 0.3 is 0 Å². The molecule has 5 nitrogen and oxygen atoms in total. The Balaban J connectivity index is 2.10. The van der Waals surface area contributed by atoms with Crippen molar-refractivity contribution in [2.24, 2.45) is 17.7 Å². The molecule has 3 unspecified atom stereocenters. The van der Waals surface area contributed by atoms with Crippen molar-refractivity contribution in [3.63, 3.8) is 0 Å². The van der Waals surface area contributed by atoms with E-state index in [0.29, 0.717) is 17.9 Å². The van der Waals surface area contributed by atoms with E-state index in [2.05, 4.69) is 34.6 Å². The van der Waals surface area contributed by atoms with E-state index in [1.807, 2.05) is 6.92 Å². The summed E-state index contributed by atoms with van der Waals surface area (Å²) in [5.74, 6) is 8.22. The molecule has 2 rings (SSSR count). The number of nitrogens with one attached hydrogen (secondary N) is 2. The van der Waals surface area contributed by atoms with Gasteiger partial charge in [0.2, 0.25) is 5.95 Å². The highest BCUT2D eigenvalue weighted by molar-refractivity contribution is 5.47. The standard InChI is InChI=1S/C13H23N5/c1-4-10-5-6-11(9(10)3)16-12-8(2)7-15-13(17-12)18-14/h7,9-11H,4-6,14H2,1-3H3,(H2,15,16,17,18). The molecule has 1 heterocycles. The highest BCUT2D eigenvalue weighted by Crippen LogP contribution is 2.35. The van der Waals surface area contributed by atoms with Crippen LogP contribution in [0.2, 0.25) is 0 Å². The quantitative estimate of drug-likeness (QED) is 0.564. The van der Waals surface area contributed by atoms with Crippen LogP contribution in [0.1, 0.15) is 38.7 Å². The van der Waals surface area contributed by atoms with E-state index < -0.39 is 0 Å². The zero-order valence-corrected chi connectivity index (χ0v) is 11.4. The van der Waals surface area contributed by atoms with Crippen LogP contribution < -0.4 is 16.6 Å². The van der Waals surface area contributed by atoms with Crippen LogP contribution in [0.25, 0.3) is 0 Å². The van der Waals surface area contributed by atoms with Crippen LogP contribution in [-0.4, -0.2) is 16.0 Å². The van der Waals surface area contributed by atoms with E-state index in [0.717, 1.165) is 17.3 Å². The van der Waals surface area contributed by atoms with Crippen LogP contribution >= 0.6 is 0 Å². The van der Waals surface area contributed by atoms with E-state index in [-0.39, 0.29) is 0 Å². The SMILES string of the molecule is CCC1CCC(Nc2nc(NN)ncc2C)C1C. The minimum absolute atomic E-state index is 0.459. The molecule has 18 heavy (non-hydrogen) atoms. The van der Waals surface area contributed by atoms with Crippen LogP contribution in [0.15, 0.2) is 6.20 Å². The van der Waals surface area contributed by atoms with Gasteiger partial charge < -0.3 is 5.32 Å². The number of nitrogens with zero attached hydrogens (tertiary/aromatic N) is 2.